The minimum atomic E-state index is -0.384. The van der Waals surface area contributed by atoms with Crippen LogP contribution in [-0.2, 0) is 6.61 Å². The lowest BCUT2D eigenvalue weighted by atomic mass is 10.2. The van der Waals surface area contributed by atoms with E-state index < -0.39 is 0 Å². The molecular weight excluding hydrogens is 334 g/mol. The van der Waals surface area contributed by atoms with Gasteiger partial charge in [0, 0.05) is 15.6 Å². The Balaban J connectivity index is 2.19. The zero-order valence-corrected chi connectivity index (χ0v) is 13.1. The topological polar surface area (TPSA) is 9.23 Å². The highest BCUT2D eigenvalue weighted by Crippen LogP contribution is 2.24. The van der Waals surface area contributed by atoms with Gasteiger partial charge in [-0.15, -0.1) is 11.6 Å². The first-order valence-corrected chi connectivity index (χ1v) is 7.30. The van der Waals surface area contributed by atoms with E-state index in [1.54, 1.807) is 18.2 Å². The van der Waals surface area contributed by atoms with Crippen LogP contribution < -0.4 is 4.74 Å². The predicted octanol–water partition coefficient (Wildman–Crippen LogP) is 5.30. The first-order chi connectivity index (χ1) is 10.1. The molecule has 0 saturated heterocycles. The van der Waals surface area contributed by atoms with E-state index in [-0.39, 0.29) is 18.3 Å². The van der Waals surface area contributed by atoms with Gasteiger partial charge < -0.3 is 4.74 Å². The third-order valence-electron chi connectivity index (χ3n) is 2.63. The van der Waals surface area contributed by atoms with Crippen LogP contribution in [0.3, 0.4) is 0 Å². The van der Waals surface area contributed by atoms with Crippen molar-refractivity contribution < 1.29 is 9.13 Å². The van der Waals surface area contributed by atoms with Gasteiger partial charge in [-0.25, -0.2) is 4.39 Å². The largest absolute Gasteiger partial charge is 0.488 e. The molecule has 0 aliphatic rings. The second-order valence-corrected chi connectivity index (χ2v) is 5.21. The van der Waals surface area contributed by atoms with Crippen LogP contribution in [0.25, 0.3) is 0 Å². The molecule has 5 heteroatoms. The summed E-state index contributed by atoms with van der Waals surface area (Å²) in [5.41, 5.74) is 1.22. The fourth-order valence-corrected chi connectivity index (χ4v) is 2.18. The molecule has 2 aromatic carbocycles. The van der Waals surface area contributed by atoms with Crippen molar-refractivity contribution in [3.8, 4) is 17.6 Å². The SMILES string of the molecule is Fc1ccc(OCc2ccc(Cl)cc2Cl)c(C#CCCl)c1. The molecule has 0 amide bonds. The normalized spacial score (nSPS) is 9.90. The summed E-state index contributed by atoms with van der Waals surface area (Å²) in [5.74, 6) is 5.69. The van der Waals surface area contributed by atoms with Crippen LogP contribution in [0.1, 0.15) is 11.1 Å². The van der Waals surface area contributed by atoms with Gasteiger partial charge in [-0.3, -0.25) is 0 Å². The lowest BCUT2D eigenvalue weighted by Gasteiger charge is -2.10. The minimum Gasteiger partial charge on any atom is -0.488 e. The summed E-state index contributed by atoms with van der Waals surface area (Å²) in [6.07, 6.45) is 0. The van der Waals surface area contributed by atoms with Crippen molar-refractivity contribution in [2.45, 2.75) is 6.61 Å². The molecule has 0 bridgehead atoms. The summed E-state index contributed by atoms with van der Waals surface area (Å²) in [6.45, 7) is 0.233. The zero-order chi connectivity index (χ0) is 15.2. The highest BCUT2D eigenvalue weighted by atomic mass is 35.5. The fourth-order valence-electron chi connectivity index (χ4n) is 1.65. The van der Waals surface area contributed by atoms with Crippen molar-refractivity contribution in [3.05, 3.63) is 63.4 Å². The molecule has 0 atom stereocenters. The van der Waals surface area contributed by atoms with E-state index in [1.165, 1.54) is 18.2 Å². The van der Waals surface area contributed by atoms with Crippen LogP contribution >= 0.6 is 34.8 Å². The second kappa shape index (κ2) is 7.56. The average molecular weight is 344 g/mol. The van der Waals surface area contributed by atoms with Crippen LogP contribution in [0.4, 0.5) is 4.39 Å². The molecule has 0 radical (unpaired) electrons. The molecule has 0 N–H and O–H groups in total. The van der Waals surface area contributed by atoms with Crippen molar-refractivity contribution in [1.82, 2.24) is 0 Å². The molecule has 0 aliphatic carbocycles. The van der Waals surface area contributed by atoms with Gasteiger partial charge in [0.05, 0.1) is 11.4 Å². The molecular formula is C16H10Cl3FO. The maximum atomic E-state index is 13.3. The minimum absolute atomic E-state index is 0.166. The number of benzene rings is 2. The van der Waals surface area contributed by atoms with Crippen LogP contribution in [0.2, 0.25) is 10.0 Å². The summed E-state index contributed by atoms with van der Waals surface area (Å²) in [5, 5.41) is 1.07. The van der Waals surface area contributed by atoms with Crippen LogP contribution in [0.5, 0.6) is 5.75 Å². The van der Waals surface area contributed by atoms with Crippen molar-refractivity contribution >= 4 is 34.8 Å². The number of hydrogen-bond acceptors (Lipinski definition) is 1. The smallest absolute Gasteiger partial charge is 0.135 e. The molecule has 2 rings (SSSR count). The van der Waals surface area contributed by atoms with Crippen LogP contribution in [0.15, 0.2) is 36.4 Å². The zero-order valence-electron chi connectivity index (χ0n) is 10.8. The standard InChI is InChI=1S/C16H10Cl3FO/c17-7-1-2-11-8-14(20)5-6-16(11)21-10-12-3-4-13(18)9-15(12)19/h3-6,8-9H,7,10H2. The van der Waals surface area contributed by atoms with Crippen molar-refractivity contribution in [1.29, 1.82) is 0 Å². The Bertz CT molecular complexity index is 704. The van der Waals surface area contributed by atoms with Gasteiger partial charge in [-0.2, -0.15) is 0 Å². The second-order valence-electron chi connectivity index (χ2n) is 4.10. The molecule has 0 aromatic heterocycles. The monoisotopic (exact) mass is 342 g/mol. The van der Waals surface area contributed by atoms with Gasteiger partial charge >= 0.3 is 0 Å². The average Bonchev–Trinajstić information content (AvgIpc) is 2.45. The third kappa shape index (κ3) is 4.54. The molecule has 0 saturated carbocycles. The Morgan fingerprint density at radius 2 is 1.90 bits per heavy atom. The van der Waals surface area contributed by atoms with E-state index in [9.17, 15) is 4.39 Å². The number of halogens is 4. The lowest BCUT2D eigenvalue weighted by Crippen LogP contribution is -1.98. The van der Waals surface area contributed by atoms with Crippen LogP contribution in [0, 0.1) is 17.7 Å². The lowest BCUT2D eigenvalue weighted by molar-refractivity contribution is 0.305. The molecule has 0 unspecified atom stereocenters. The fraction of sp³-hybridized carbons (Fsp3) is 0.125. The van der Waals surface area contributed by atoms with E-state index in [2.05, 4.69) is 11.8 Å². The van der Waals surface area contributed by atoms with E-state index in [0.29, 0.717) is 21.4 Å². The summed E-state index contributed by atoms with van der Waals surface area (Å²) < 4.78 is 18.9. The summed E-state index contributed by atoms with van der Waals surface area (Å²) in [7, 11) is 0. The molecule has 108 valence electrons. The van der Waals surface area contributed by atoms with Crippen LogP contribution in [-0.4, -0.2) is 5.88 Å². The van der Waals surface area contributed by atoms with Gasteiger partial charge in [0.15, 0.2) is 0 Å². The predicted molar refractivity (Wildman–Crippen MR) is 84.8 cm³/mol. The highest BCUT2D eigenvalue weighted by Gasteiger charge is 2.06. The van der Waals surface area contributed by atoms with Gasteiger partial charge in [0.25, 0.3) is 0 Å². The number of hydrogen-bond donors (Lipinski definition) is 0. The maximum Gasteiger partial charge on any atom is 0.135 e. The van der Waals surface area contributed by atoms with E-state index in [0.717, 1.165) is 5.56 Å². The first-order valence-electron chi connectivity index (χ1n) is 6.01. The van der Waals surface area contributed by atoms with Crippen molar-refractivity contribution in [3.63, 3.8) is 0 Å². The van der Waals surface area contributed by atoms with E-state index in [4.69, 9.17) is 39.5 Å². The number of ether oxygens (including phenoxy) is 1. The first kappa shape index (κ1) is 16.0. The van der Waals surface area contributed by atoms with Crippen molar-refractivity contribution in [2.75, 3.05) is 5.88 Å². The van der Waals surface area contributed by atoms with Gasteiger partial charge in [-0.05, 0) is 30.3 Å². The molecule has 0 heterocycles. The number of rotatable bonds is 3. The van der Waals surface area contributed by atoms with Crippen molar-refractivity contribution in [2.24, 2.45) is 0 Å². The Morgan fingerprint density at radius 1 is 1.10 bits per heavy atom. The number of alkyl halides is 1. The van der Waals surface area contributed by atoms with Gasteiger partial charge in [0.2, 0.25) is 0 Å². The van der Waals surface area contributed by atoms with E-state index >= 15 is 0 Å². The molecule has 21 heavy (non-hydrogen) atoms. The Morgan fingerprint density at radius 3 is 2.62 bits per heavy atom. The third-order valence-corrected chi connectivity index (χ3v) is 3.35. The molecule has 2 aromatic rings. The Hall–Kier alpha value is -1.40. The molecule has 0 aliphatic heterocycles. The summed E-state index contributed by atoms with van der Waals surface area (Å²) in [4.78, 5) is 0. The van der Waals surface area contributed by atoms with E-state index in [1.807, 2.05) is 0 Å². The van der Waals surface area contributed by atoms with Gasteiger partial charge in [0.1, 0.15) is 18.2 Å². The molecule has 1 nitrogen and oxygen atoms in total. The summed E-state index contributed by atoms with van der Waals surface area (Å²) >= 11 is 17.4. The quantitative estimate of drug-likeness (QED) is 0.542. The highest BCUT2D eigenvalue weighted by molar-refractivity contribution is 6.35. The Kier molecular flexibility index (Phi) is 5.76. The summed E-state index contributed by atoms with van der Waals surface area (Å²) in [6, 6.07) is 9.28. The molecule has 0 fully saturated rings. The maximum absolute atomic E-state index is 13.3. The Labute approximate surface area is 137 Å². The van der Waals surface area contributed by atoms with Gasteiger partial charge in [-0.1, -0.05) is 41.1 Å². The molecule has 0 spiro atoms.